The van der Waals surface area contributed by atoms with Crippen LogP contribution in [-0.4, -0.2) is 37.8 Å². The molecule has 3 heterocycles. The van der Waals surface area contributed by atoms with Gasteiger partial charge in [-0.05, 0) is 51.0 Å². The second-order valence-corrected chi connectivity index (χ2v) is 8.75. The number of fused-ring (bicyclic) bond motifs is 3. The molecule has 0 bridgehead atoms. The van der Waals surface area contributed by atoms with Crippen LogP contribution in [0.3, 0.4) is 0 Å². The molecular formula is C24H23F2N5O2. The number of aromatic hydroxyl groups is 1. The first-order chi connectivity index (χ1) is 15.7. The molecule has 1 aliphatic heterocycles. The maximum absolute atomic E-state index is 14.2. The summed E-state index contributed by atoms with van der Waals surface area (Å²) in [5, 5.41) is 13.5. The third-order valence-electron chi connectivity index (χ3n) is 5.76. The highest BCUT2D eigenvalue weighted by Crippen LogP contribution is 2.36. The molecule has 0 amide bonds. The Labute approximate surface area is 189 Å². The van der Waals surface area contributed by atoms with Crippen molar-refractivity contribution in [3.8, 4) is 22.9 Å². The Hall–Kier alpha value is -3.75. The molecule has 0 unspecified atom stereocenters. The van der Waals surface area contributed by atoms with Gasteiger partial charge in [-0.2, -0.15) is 4.98 Å². The van der Waals surface area contributed by atoms with E-state index in [0.717, 1.165) is 17.3 Å². The van der Waals surface area contributed by atoms with Crippen LogP contribution in [-0.2, 0) is 12.0 Å². The zero-order valence-electron chi connectivity index (χ0n) is 18.5. The van der Waals surface area contributed by atoms with E-state index in [1.165, 1.54) is 18.2 Å². The number of phenolic OH excluding ortho intramolecular Hbond substituents is 1. The largest absolute Gasteiger partial charge is 0.507 e. The predicted molar refractivity (Wildman–Crippen MR) is 121 cm³/mol. The predicted octanol–water partition coefficient (Wildman–Crippen LogP) is 4.57. The van der Waals surface area contributed by atoms with Gasteiger partial charge >= 0.3 is 0 Å². The van der Waals surface area contributed by atoms with Gasteiger partial charge < -0.3 is 15.2 Å². The van der Waals surface area contributed by atoms with Crippen LogP contribution in [0.4, 0.5) is 14.6 Å². The van der Waals surface area contributed by atoms with E-state index in [-0.39, 0.29) is 22.4 Å². The topological polar surface area (TPSA) is 85.1 Å². The lowest BCUT2D eigenvalue weighted by atomic mass is 10.00. The summed E-state index contributed by atoms with van der Waals surface area (Å²) in [5.41, 5.74) is 2.21. The van der Waals surface area contributed by atoms with Crippen LogP contribution in [0.25, 0.3) is 22.3 Å². The van der Waals surface area contributed by atoms with Crippen LogP contribution in [0.1, 0.15) is 25.2 Å². The van der Waals surface area contributed by atoms with Crippen molar-refractivity contribution < 1.29 is 18.6 Å². The van der Waals surface area contributed by atoms with Gasteiger partial charge in [0, 0.05) is 17.7 Å². The number of ether oxygens (including phenoxy) is 1. The fourth-order valence-corrected chi connectivity index (χ4v) is 4.11. The zero-order valence-corrected chi connectivity index (χ0v) is 18.5. The minimum absolute atomic E-state index is 0.0191. The van der Waals surface area contributed by atoms with Crippen LogP contribution >= 0.6 is 0 Å². The first-order valence-electron chi connectivity index (χ1n) is 10.6. The van der Waals surface area contributed by atoms with E-state index >= 15 is 0 Å². The number of anilines is 1. The monoisotopic (exact) mass is 451 g/mol. The number of hydrogen-bond acceptors (Lipinski definition) is 6. The van der Waals surface area contributed by atoms with E-state index in [0.29, 0.717) is 42.7 Å². The lowest BCUT2D eigenvalue weighted by Gasteiger charge is -2.18. The van der Waals surface area contributed by atoms with E-state index in [2.05, 4.69) is 34.1 Å². The molecule has 2 N–H and O–H groups in total. The first kappa shape index (κ1) is 21.1. The summed E-state index contributed by atoms with van der Waals surface area (Å²) in [6, 6.07) is 9.33. The SMILES string of the molecule is Cc1nc(NCCc2ccc(O)c(-c3cccc(F)c3F)c2)c2nc3n(c2n1)C(C)(C)CO3. The number of nitrogens with one attached hydrogen (secondary N) is 1. The van der Waals surface area contributed by atoms with Crippen molar-refractivity contribution in [2.24, 2.45) is 0 Å². The average Bonchev–Trinajstić information content (AvgIpc) is 3.29. The van der Waals surface area contributed by atoms with Gasteiger partial charge in [0.05, 0.1) is 5.54 Å². The van der Waals surface area contributed by atoms with Crippen LogP contribution in [0.2, 0.25) is 0 Å². The van der Waals surface area contributed by atoms with E-state index in [1.54, 1.807) is 12.1 Å². The van der Waals surface area contributed by atoms with Gasteiger partial charge in [-0.25, -0.2) is 18.7 Å². The molecule has 5 rings (SSSR count). The molecule has 2 aromatic heterocycles. The van der Waals surface area contributed by atoms with Crippen molar-refractivity contribution in [2.45, 2.75) is 32.7 Å². The third kappa shape index (κ3) is 3.63. The Morgan fingerprint density at radius 1 is 1.12 bits per heavy atom. The van der Waals surface area contributed by atoms with Gasteiger partial charge in [0.2, 0.25) is 0 Å². The molecule has 0 aliphatic carbocycles. The fourth-order valence-electron chi connectivity index (χ4n) is 4.11. The maximum Gasteiger partial charge on any atom is 0.299 e. The second-order valence-electron chi connectivity index (χ2n) is 8.75. The quantitative estimate of drug-likeness (QED) is 0.463. The molecule has 0 atom stereocenters. The Bertz CT molecular complexity index is 1380. The molecule has 0 fully saturated rings. The molecular weight excluding hydrogens is 428 g/mol. The lowest BCUT2D eigenvalue weighted by molar-refractivity contribution is 0.268. The van der Waals surface area contributed by atoms with Crippen molar-refractivity contribution in [2.75, 3.05) is 18.5 Å². The summed E-state index contributed by atoms with van der Waals surface area (Å²) in [6.45, 7) is 7.01. The zero-order chi connectivity index (χ0) is 23.3. The van der Waals surface area contributed by atoms with Gasteiger partial charge in [0.15, 0.2) is 28.6 Å². The first-order valence-corrected chi connectivity index (χ1v) is 10.6. The Balaban J connectivity index is 1.39. The summed E-state index contributed by atoms with van der Waals surface area (Å²) < 4.78 is 35.6. The summed E-state index contributed by atoms with van der Waals surface area (Å²) in [6.07, 6.45) is 0.560. The minimum Gasteiger partial charge on any atom is -0.507 e. The number of imidazole rings is 1. The molecule has 0 saturated carbocycles. The van der Waals surface area contributed by atoms with Crippen molar-refractivity contribution in [1.29, 1.82) is 0 Å². The molecule has 0 radical (unpaired) electrons. The molecule has 170 valence electrons. The molecule has 33 heavy (non-hydrogen) atoms. The lowest BCUT2D eigenvalue weighted by Crippen LogP contribution is -2.26. The normalized spacial score (nSPS) is 14.3. The summed E-state index contributed by atoms with van der Waals surface area (Å²) in [4.78, 5) is 13.7. The number of nitrogens with zero attached hydrogens (tertiary/aromatic N) is 4. The van der Waals surface area contributed by atoms with Crippen LogP contribution < -0.4 is 10.1 Å². The molecule has 0 spiro atoms. The Kier molecular flexibility index (Phi) is 4.92. The number of rotatable bonds is 5. The van der Waals surface area contributed by atoms with Crippen LogP contribution in [0.15, 0.2) is 36.4 Å². The fraction of sp³-hybridized carbons (Fsp3) is 0.292. The standard InChI is InChI=1S/C24H23F2N5O2/c1-13-28-21(20-22(29-13)31-23(30-20)33-12-24(31,2)3)27-10-9-14-7-8-18(32)16(11-14)15-5-4-6-17(25)19(15)26/h4-8,11,32H,9-10,12H2,1-3H3,(H,27,28,29). The van der Waals surface area contributed by atoms with Gasteiger partial charge in [-0.3, -0.25) is 4.57 Å². The average molecular weight is 451 g/mol. The van der Waals surface area contributed by atoms with Crippen molar-refractivity contribution in [3.63, 3.8) is 0 Å². The maximum atomic E-state index is 14.2. The van der Waals surface area contributed by atoms with Gasteiger partial charge in [0.25, 0.3) is 6.01 Å². The summed E-state index contributed by atoms with van der Waals surface area (Å²) >= 11 is 0. The van der Waals surface area contributed by atoms with Gasteiger partial charge in [-0.15, -0.1) is 0 Å². The third-order valence-corrected chi connectivity index (χ3v) is 5.76. The molecule has 2 aromatic carbocycles. The van der Waals surface area contributed by atoms with E-state index < -0.39 is 11.6 Å². The molecule has 1 aliphatic rings. The Morgan fingerprint density at radius 2 is 1.94 bits per heavy atom. The molecule has 9 heteroatoms. The molecule has 4 aromatic rings. The van der Waals surface area contributed by atoms with E-state index in [9.17, 15) is 13.9 Å². The number of phenols is 1. The van der Waals surface area contributed by atoms with Gasteiger partial charge in [-0.1, -0.05) is 18.2 Å². The van der Waals surface area contributed by atoms with E-state index in [4.69, 9.17) is 4.74 Å². The second kappa shape index (κ2) is 7.68. The van der Waals surface area contributed by atoms with E-state index in [1.807, 2.05) is 11.5 Å². The van der Waals surface area contributed by atoms with Gasteiger partial charge in [0.1, 0.15) is 18.2 Å². The number of hydrogen-bond donors (Lipinski definition) is 2. The number of aromatic nitrogens is 4. The van der Waals surface area contributed by atoms with Crippen molar-refractivity contribution >= 4 is 17.0 Å². The smallest absolute Gasteiger partial charge is 0.299 e. The van der Waals surface area contributed by atoms with Crippen LogP contribution in [0.5, 0.6) is 11.8 Å². The highest BCUT2D eigenvalue weighted by molar-refractivity contribution is 5.84. The molecule has 7 nitrogen and oxygen atoms in total. The number of halogens is 2. The number of benzene rings is 2. The highest BCUT2D eigenvalue weighted by atomic mass is 19.2. The van der Waals surface area contributed by atoms with Crippen molar-refractivity contribution in [3.05, 3.63) is 59.4 Å². The minimum atomic E-state index is -0.986. The Morgan fingerprint density at radius 3 is 2.76 bits per heavy atom. The summed E-state index contributed by atoms with van der Waals surface area (Å²) in [5.74, 6) is -0.835. The molecule has 0 saturated heterocycles. The van der Waals surface area contributed by atoms with Crippen molar-refractivity contribution in [1.82, 2.24) is 19.5 Å². The number of aryl methyl sites for hydroxylation is 1. The highest BCUT2D eigenvalue weighted by Gasteiger charge is 2.35. The summed E-state index contributed by atoms with van der Waals surface area (Å²) in [7, 11) is 0. The van der Waals surface area contributed by atoms with Crippen LogP contribution in [0, 0.1) is 18.6 Å².